The number of benzene rings is 4. The molecule has 0 spiro atoms. The molecule has 13 nitrogen and oxygen atoms in total. The predicted molar refractivity (Wildman–Crippen MR) is 178 cm³/mol. The monoisotopic (exact) mass is 722 g/mol. The van der Waals surface area contributed by atoms with Gasteiger partial charge < -0.3 is 31.9 Å². The largest absolute Gasteiger partial charge is 0.496 e. The van der Waals surface area contributed by atoms with Crippen LogP contribution in [-0.2, 0) is 43.6 Å². The molecule has 0 atom stereocenters. The van der Waals surface area contributed by atoms with Crippen molar-refractivity contribution in [2.75, 3.05) is 33.0 Å². The van der Waals surface area contributed by atoms with Gasteiger partial charge in [0.05, 0.1) is 45.2 Å². The second-order valence-electron chi connectivity index (χ2n) is 10.6. The topological polar surface area (TPSA) is 178 Å². The summed E-state index contributed by atoms with van der Waals surface area (Å²) in [4.78, 5) is 0. The molecular weight excluding hydrogens is 689 g/mol. The van der Waals surface area contributed by atoms with E-state index in [9.17, 15) is 30.4 Å². The molecule has 258 valence electrons. The zero-order valence-corrected chi connectivity index (χ0v) is 29.3. The van der Waals surface area contributed by atoms with Gasteiger partial charge in [-0.25, -0.2) is 0 Å². The van der Waals surface area contributed by atoms with Gasteiger partial charge in [-0.3, -0.25) is 0 Å². The molecule has 4 aromatic rings. The Morgan fingerprint density at radius 2 is 1.23 bits per heavy atom. The highest BCUT2D eigenvalue weighted by Gasteiger charge is 2.28. The zero-order chi connectivity index (χ0) is 35.4. The Kier molecular flexibility index (Phi) is 10.8. The molecule has 0 saturated heterocycles. The lowest BCUT2D eigenvalue weighted by Gasteiger charge is -2.22. The number of aliphatic hydroxyl groups excluding tert-OH is 1. The maximum atomic E-state index is 12.6. The van der Waals surface area contributed by atoms with E-state index in [1.165, 1.54) is 56.7 Å². The summed E-state index contributed by atoms with van der Waals surface area (Å²) in [6, 6.07) is 17.5. The molecule has 48 heavy (non-hydrogen) atoms. The van der Waals surface area contributed by atoms with E-state index >= 15 is 0 Å². The van der Waals surface area contributed by atoms with Crippen molar-refractivity contribution >= 4 is 30.4 Å². The Morgan fingerprint density at radius 3 is 1.75 bits per heavy atom. The quantitative estimate of drug-likeness (QED) is 0.181. The zero-order valence-electron chi connectivity index (χ0n) is 26.8. The number of hydrogen-bond donors (Lipinski definition) is 1. The fraction of sp³-hybridized carbons (Fsp3) is 0.250. The van der Waals surface area contributed by atoms with Crippen LogP contribution in [-0.4, -0.2) is 63.3 Å². The minimum Gasteiger partial charge on any atom is -0.496 e. The van der Waals surface area contributed by atoms with Crippen LogP contribution in [0.4, 0.5) is 0 Å². The van der Waals surface area contributed by atoms with Gasteiger partial charge in [0.1, 0.15) is 18.1 Å². The van der Waals surface area contributed by atoms with E-state index in [1.54, 1.807) is 0 Å². The van der Waals surface area contributed by atoms with Crippen molar-refractivity contribution < 1.29 is 57.1 Å². The molecule has 0 amide bonds. The third-order valence-corrected chi connectivity index (χ3v) is 8.05. The van der Waals surface area contributed by atoms with E-state index in [0.717, 1.165) is 29.9 Å². The average Bonchev–Trinajstić information content (AvgIpc) is 2.98. The number of rotatable bonds is 14. The maximum absolute atomic E-state index is 12.6. The number of aliphatic hydroxyl groups is 1. The standard InChI is InChI=1S/C32H34O13S3/c1-20-7-9-21(10-8-20)19-42-30-24(18-33)15-23(16-28(30)44-47(5,36)37)29-27(40-2)17-26(31(41-3)32(29)45-48(6,38)39)22-11-13-25(14-12-22)43-46(4,34)35/h7-17,33H,18-19H2,1-6H3. The van der Waals surface area contributed by atoms with Crippen LogP contribution in [0.15, 0.2) is 66.7 Å². The summed E-state index contributed by atoms with van der Waals surface area (Å²) in [5, 5.41) is 10.4. The van der Waals surface area contributed by atoms with Crippen molar-refractivity contribution in [1.82, 2.24) is 0 Å². The highest BCUT2D eigenvalue weighted by atomic mass is 32.2. The molecule has 0 radical (unpaired) electrons. The Labute approximate surface area is 280 Å². The molecule has 0 aromatic heterocycles. The second-order valence-corrected chi connectivity index (χ2v) is 15.4. The van der Waals surface area contributed by atoms with Gasteiger partial charge in [0.2, 0.25) is 0 Å². The number of ether oxygens (including phenoxy) is 3. The summed E-state index contributed by atoms with van der Waals surface area (Å²) in [5.41, 5.74) is 2.76. The van der Waals surface area contributed by atoms with Crippen molar-refractivity contribution in [3.8, 4) is 56.8 Å². The lowest BCUT2D eigenvalue weighted by Crippen LogP contribution is -2.11. The number of methoxy groups -OCH3 is 2. The fourth-order valence-corrected chi connectivity index (χ4v) is 6.09. The van der Waals surface area contributed by atoms with Crippen molar-refractivity contribution in [2.24, 2.45) is 0 Å². The molecule has 16 heteroatoms. The summed E-state index contributed by atoms with van der Waals surface area (Å²) >= 11 is 0. The lowest BCUT2D eigenvalue weighted by atomic mass is 9.95. The van der Waals surface area contributed by atoms with Gasteiger partial charge in [-0.2, -0.15) is 25.3 Å². The van der Waals surface area contributed by atoms with E-state index in [1.807, 2.05) is 31.2 Å². The summed E-state index contributed by atoms with van der Waals surface area (Å²) < 4.78 is 106. The maximum Gasteiger partial charge on any atom is 0.306 e. The average molecular weight is 723 g/mol. The highest BCUT2D eigenvalue weighted by Crippen LogP contribution is 2.52. The third kappa shape index (κ3) is 9.31. The van der Waals surface area contributed by atoms with Gasteiger partial charge in [0.15, 0.2) is 23.0 Å². The summed E-state index contributed by atoms with van der Waals surface area (Å²) in [6.07, 6.45) is 2.57. The van der Waals surface area contributed by atoms with Gasteiger partial charge >= 0.3 is 30.4 Å². The molecule has 0 saturated carbocycles. The Bertz CT molecular complexity index is 2130. The van der Waals surface area contributed by atoms with Crippen LogP contribution in [0.1, 0.15) is 16.7 Å². The lowest BCUT2D eigenvalue weighted by molar-refractivity contribution is 0.255. The van der Waals surface area contributed by atoms with E-state index in [4.69, 9.17) is 26.8 Å². The van der Waals surface area contributed by atoms with Gasteiger partial charge in [-0.15, -0.1) is 0 Å². The van der Waals surface area contributed by atoms with Crippen LogP contribution >= 0.6 is 0 Å². The van der Waals surface area contributed by atoms with E-state index in [0.29, 0.717) is 5.56 Å². The second kappa shape index (κ2) is 14.3. The predicted octanol–water partition coefficient (Wildman–Crippen LogP) is 4.43. The van der Waals surface area contributed by atoms with E-state index < -0.39 is 37.0 Å². The van der Waals surface area contributed by atoms with Crippen LogP contribution in [0.5, 0.6) is 34.5 Å². The first-order valence-electron chi connectivity index (χ1n) is 14.0. The van der Waals surface area contributed by atoms with Crippen molar-refractivity contribution in [3.63, 3.8) is 0 Å². The van der Waals surface area contributed by atoms with Crippen molar-refractivity contribution in [3.05, 3.63) is 83.4 Å². The first kappa shape index (κ1) is 36.3. The first-order valence-corrected chi connectivity index (χ1v) is 19.4. The minimum atomic E-state index is -4.22. The molecule has 0 bridgehead atoms. The van der Waals surface area contributed by atoms with Gasteiger partial charge in [0, 0.05) is 11.1 Å². The molecule has 0 fully saturated rings. The smallest absolute Gasteiger partial charge is 0.306 e. The minimum absolute atomic E-state index is 0.00897. The van der Waals surface area contributed by atoms with Gasteiger partial charge in [-0.1, -0.05) is 42.0 Å². The first-order chi connectivity index (χ1) is 22.4. The van der Waals surface area contributed by atoms with Gasteiger partial charge in [-0.05, 0) is 53.9 Å². The van der Waals surface area contributed by atoms with Crippen molar-refractivity contribution in [1.29, 1.82) is 0 Å². The van der Waals surface area contributed by atoms with Gasteiger partial charge in [0.25, 0.3) is 0 Å². The molecule has 0 aliphatic carbocycles. The fourth-order valence-electron chi connectivity index (χ4n) is 4.71. The van der Waals surface area contributed by atoms with Crippen LogP contribution in [0.3, 0.4) is 0 Å². The molecular formula is C32H34O13S3. The normalized spacial score (nSPS) is 11.9. The highest BCUT2D eigenvalue weighted by molar-refractivity contribution is 7.86. The van der Waals surface area contributed by atoms with Crippen LogP contribution in [0, 0.1) is 6.92 Å². The molecule has 0 unspecified atom stereocenters. The molecule has 4 rings (SSSR count). The van der Waals surface area contributed by atoms with Crippen LogP contribution < -0.4 is 26.8 Å². The molecule has 0 aliphatic heterocycles. The SMILES string of the molecule is COc1cc(-c2ccc(OS(C)(=O)=O)cc2)c(OC)c(OS(C)(=O)=O)c1-c1cc(CO)c(OCc2ccc(C)cc2)c(OS(C)(=O)=O)c1. The molecule has 0 heterocycles. The summed E-state index contributed by atoms with van der Waals surface area (Å²) in [5.74, 6) is -0.642. The molecule has 4 aromatic carbocycles. The summed E-state index contributed by atoms with van der Waals surface area (Å²) in [7, 11) is -9.54. The third-order valence-electron chi connectivity index (χ3n) is 6.61. The van der Waals surface area contributed by atoms with E-state index in [2.05, 4.69) is 0 Å². The molecule has 0 aliphatic rings. The Hall–Kier alpha value is -4.51. The van der Waals surface area contributed by atoms with Crippen LogP contribution in [0.2, 0.25) is 0 Å². The van der Waals surface area contributed by atoms with Crippen molar-refractivity contribution in [2.45, 2.75) is 20.1 Å². The Morgan fingerprint density at radius 1 is 0.625 bits per heavy atom. The number of aryl methyl sites for hydroxylation is 1. The Balaban J connectivity index is 1.97. The van der Waals surface area contributed by atoms with Crippen LogP contribution in [0.25, 0.3) is 22.3 Å². The molecule has 1 N–H and O–H groups in total. The van der Waals surface area contributed by atoms with E-state index in [-0.39, 0.29) is 63.4 Å². The number of hydrogen-bond acceptors (Lipinski definition) is 13. The summed E-state index contributed by atoms with van der Waals surface area (Å²) in [6.45, 7) is 1.31.